The standard InChI is InChI=1S/C13H16BrN3O2/c1-19-12-3-2-8(14)4-10(12)11-7-17(13(18)16-11)9-5-15-6-9/h2-4,9,11,15H,5-7H2,1H3,(H,16,18). The van der Waals surface area contributed by atoms with Gasteiger partial charge in [0.15, 0.2) is 0 Å². The van der Waals surface area contributed by atoms with Crippen LogP contribution < -0.4 is 15.4 Å². The summed E-state index contributed by atoms with van der Waals surface area (Å²) in [6.45, 7) is 2.46. The topological polar surface area (TPSA) is 53.6 Å². The van der Waals surface area contributed by atoms with Gasteiger partial charge in [-0.15, -0.1) is 0 Å². The highest BCUT2D eigenvalue weighted by Crippen LogP contribution is 2.32. The monoisotopic (exact) mass is 325 g/mol. The van der Waals surface area contributed by atoms with E-state index in [-0.39, 0.29) is 12.1 Å². The number of amides is 2. The number of methoxy groups -OCH3 is 1. The number of carbonyl (C=O) groups is 1. The molecule has 19 heavy (non-hydrogen) atoms. The van der Waals surface area contributed by atoms with Gasteiger partial charge in [-0.25, -0.2) is 4.79 Å². The smallest absolute Gasteiger partial charge is 0.318 e. The minimum atomic E-state index is -0.0134. The molecule has 2 aliphatic rings. The van der Waals surface area contributed by atoms with E-state index >= 15 is 0 Å². The van der Waals surface area contributed by atoms with Crippen LogP contribution in [0, 0.1) is 0 Å². The zero-order valence-corrected chi connectivity index (χ0v) is 12.2. The summed E-state index contributed by atoms with van der Waals surface area (Å²) >= 11 is 3.46. The molecule has 2 saturated heterocycles. The van der Waals surface area contributed by atoms with Gasteiger partial charge < -0.3 is 20.3 Å². The van der Waals surface area contributed by atoms with Crippen molar-refractivity contribution in [2.24, 2.45) is 0 Å². The van der Waals surface area contributed by atoms with E-state index in [1.165, 1.54) is 0 Å². The molecule has 1 aromatic rings. The second kappa shape index (κ2) is 5.02. The van der Waals surface area contributed by atoms with Gasteiger partial charge in [-0.1, -0.05) is 15.9 Å². The normalized spacial score (nSPS) is 23.2. The van der Waals surface area contributed by atoms with Gasteiger partial charge in [0.05, 0.1) is 19.2 Å². The molecule has 6 heteroatoms. The number of hydrogen-bond donors (Lipinski definition) is 2. The predicted molar refractivity (Wildman–Crippen MR) is 75.3 cm³/mol. The van der Waals surface area contributed by atoms with Crippen molar-refractivity contribution in [2.75, 3.05) is 26.7 Å². The first-order valence-corrected chi connectivity index (χ1v) is 7.09. The second-order valence-corrected chi connectivity index (χ2v) is 5.77. The first-order valence-electron chi connectivity index (χ1n) is 6.30. The van der Waals surface area contributed by atoms with Crippen LogP contribution in [0.4, 0.5) is 4.79 Å². The first-order chi connectivity index (χ1) is 9.19. The van der Waals surface area contributed by atoms with Gasteiger partial charge >= 0.3 is 6.03 Å². The largest absolute Gasteiger partial charge is 0.496 e. The minimum Gasteiger partial charge on any atom is -0.496 e. The lowest BCUT2D eigenvalue weighted by molar-refractivity contribution is 0.172. The highest BCUT2D eigenvalue weighted by atomic mass is 79.9. The summed E-state index contributed by atoms with van der Waals surface area (Å²) in [5, 5.41) is 6.22. The number of rotatable bonds is 3. The second-order valence-electron chi connectivity index (χ2n) is 4.85. The van der Waals surface area contributed by atoms with E-state index in [0.717, 1.165) is 28.9 Å². The Hall–Kier alpha value is -1.27. The molecule has 3 rings (SSSR count). The Kier molecular flexibility index (Phi) is 3.36. The van der Waals surface area contributed by atoms with Crippen LogP contribution in [0.3, 0.4) is 0 Å². The number of ether oxygens (including phenoxy) is 1. The third kappa shape index (κ3) is 2.30. The Morgan fingerprint density at radius 1 is 1.42 bits per heavy atom. The number of carbonyl (C=O) groups excluding carboxylic acids is 1. The molecule has 2 aliphatic heterocycles. The average Bonchev–Trinajstić information content (AvgIpc) is 2.69. The van der Waals surface area contributed by atoms with E-state index in [2.05, 4.69) is 26.6 Å². The van der Waals surface area contributed by atoms with Crippen LogP contribution in [0.15, 0.2) is 22.7 Å². The molecule has 1 aromatic carbocycles. The molecule has 2 amide bonds. The molecule has 5 nitrogen and oxygen atoms in total. The van der Waals surface area contributed by atoms with Crippen molar-refractivity contribution in [3.63, 3.8) is 0 Å². The van der Waals surface area contributed by atoms with Crippen molar-refractivity contribution in [1.29, 1.82) is 0 Å². The summed E-state index contributed by atoms with van der Waals surface area (Å²) in [4.78, 5) is 13.9. The Morgan fingerprint density at radius 3 is 2.84 bits per heavy atom. The van der Waals surface area contributed by atoms with Crippen LogP contribution in [-0.4, -0.2) is 43.7 Å². The third-order valence-corrected chi connectivity index (χ3v) is 4.20. The van der Waals surface area contributed by atoms with Crippen LogP contribution in [0.1, 0.15) is 11.6 Å². The van der Waals surface area contributed by atoms with Crippen molar-refractivity contribution in [2.45, 2.75) is 12.1 Å². The molecule has 0 aromatic heterocycles. The zero-order valence-electron chi connectivity index (χ0n) is 10.6. The van der Waals surface area contributed by atoms with Crippen LogP contribution in [0.25, 0.3) is 0 Å². The summed E-state index contributed by atoms with van der Waals surface area (Å²) in [5.74, 6) is 0.807. The van der Waals surface area contributed by atoms with Crippen molar-refractivity contribution in [3.05, 3.63) is 28.2 Å². The lowest BCUT2D eigenvalue weighted by atomic mass is 10.1. The maximum atomic E-state index is 12.0. The quantitative estimate of drug-likeness (QED) is 0.885. The molecule has 1 unspecified atom stereocenters. The average molecular weight is 326 g/mol. The van der Waals surface area contributed by atoms with Crippen LogP contribution >= 0.6 is 15.9 Å². The van der Waals surface area contributed by atoms with Crippen molar-refractivity contribution >= 4 is 22.0 Å². The SMILES string of the molecule is COc1ccc(Br)cc1C1CN(C2CNC2)C(=O)N1. The third-order valence-electron chi connectivity index (χ3n) is 3.71. The minimum absolute atomic E-state index is 0.0125. The van der Waals surface area contributed by atoms with Gasteiger partial charge in [-0.3, -0.25) is 0 Å². The molecule has 2 N–H and O–H groups in total. The number of halogens is 1. The fourth-order valence-electron chi connectivity index (χ4n) is 2.52. The van der Waals surface area contributed by atoms with Gasteiger partial charge in [-0.2, -0.15) is 0 Å². The van der Waals surface area contributed by atoms with Crippen molar-refractivity contribution in [1.82, 2.24) is 15.5 Å². The van der Waals surface area contributed by atoms with E-state index in [9.17, 15) is 4.79 Å². The predicted octanol–water partition coefficient (Wildman–Crippen LogP) is 1.50. The van der Waals surface area contributed by atoms with E-state index in [4.69, 9.17) is 4.74 Å². The molecule has 1 atom stereocenters. The van der Waals surface area contributed by atoms with Crippen LogP contribution in [-0.2, 0) is 0 Å². The number of urea groups is 1. The molecule has 2 heterocycles. The summed E-state index contributed by atoms with van der Waals surface area (Å²) in [6.07, 6.45) is 0. The highest BCUT2D eigenvalue weighted by molar-refractivity contribution is 9.10. The van der Waals surface area contributed by atoms with E-state index in [0.29, 0.717) is 12.6 Å². The Balaban J connectivity index is 1.83. The van der Waals surface area contributed by atoms with Gasteiger partial charge in [0.1, 0.15) is 5.75 Å². The lowest BCUT2D eigenvalue weighted by Crippen LogP contribution is -2.57. The van der Waals surface area contributed by atoms with Gasteiger partial charge in [0, 0.05) is 29.7 Å². The number of benzene rings is 1. The van der Waals surface area contributed by atoms with Crippen molar-refractivity contribution in [3.8, 4) is 5.75 Å². The molecule has 0 saturated carbocycles. The molecule has 102 valence electrons. The number of nitrogens with one attached hydrogen (secondary N) is 2. The fourth-order valence-corrected chi connectivity index (χ4v) is 2.90. The summed E-state index contributed by atoms with van der Waals surface area (Å²) in [7, 11) is 1.65. The maximum Gasteiger partial charge on any atom is 0.318 e. The zero-order chi connectivity index (χ0) is 13.4. The van der Waals surface area contributed by atoms with Crippen molar-refractivity contribution < 1.29 is 9.53 Å². The van der Waals surface area contributed by atoms with Gasteiger partial charge in [-0.05, 0) is 18.2 Å². The van der Waals surface area contributed by atoms with Crippen LogP contribution in [0.2, 0.25) is 0 Å². The van der Waals surface area contributed by atoms with Crippen LogP contribution in [0.5, 0.6) is 5.75 Å². The molecule has 0 radical (unpaired) electrons. The molecule has 2 fully saturated rings. The fraction of sp³-hybridized carbons (Fsp3) is 0.462. The highest BCUT2D eigenvalue weighted by Gasteiger charge is 2.37. The summed E-state index contributed by atoms with van der Waals surface area (Å²) in [6, 6.07) is 6.18. The molecular weight excluding hydrogens is 310 g/mol. The molecule has 0 bridgehead atoms. The van der Waals surface area contributed by atoms with Gasteiger partial charge in [0.25, 0.3) is 0 Å². The van der Waals surface area contributed by atoms with E-state index < -0.39 is 0 Å². The molecule has 0 aliphatic carbocycles. The summed E-state index contributed by atoms with van der Waals surface area (Å²) < 4.78 is 6.37. The lowest BCUT2D eigenvalue weighted by Gasteiger charge is -2.34. The molecular formula is C13H16BrN3O2. The maximum absolute atomic E-state index is 12.0. The van der Waals surface area contributed by atoms with E-state index in [1.54, 1.807) is 7.11 Å². The summed E-state index contributed by atoms with van der Waals surface area (Å²) in [5.41, 5.74) is 1.01. The number of hydrogen-bond acceptors (Lipinski definition) is 3. The Morgan fingerprint density at radius 2 is 2.21 bits per heavy atom. The molecule has 0 spiro atoms. The Labute approximate surface area is 120 Å². The van der Waals surface area contributed by atoms with E-state index in [1.807, 2.05) is 23.1 Å². The Bertz CT molecular complexity index is 505. The number of nitrogens with zero attached hydrogens (tertiary/aromatic N) is 1. The first kappa shape index (κ1) is 12.7. The van der Waals surface area contributed by atoms with Gasteiger partial charge in [0.2, 0.25) is 0 Å².